The minimum Gasteiger partial charge on any atom is -0.386 e. The Bertz CT molecular complexity index is 594. The number of hydrogen-bond acceptors (Lipinski definition) is 3. The number of aliphatic hydroxyl groups is 1. The van der Waals surface area contributed by atoms with E-state index in [9.17, 15) is 9.50 Å². The first kappa shape index (κ1) is 15.2. The van der Waals surface area contributed by atoms with Crippen molar-refractivity contribution in [1.82, 2.24) is 5.32 Å². The van der Waals surface area contributed by atoms with E-state index in [0.717, 1.165) is 11.1 Å². The van der Waals surface area contributed by atoms with Crippen molar-refractivity contribution in [1.29, 1.82) is 0 Å². The monoisotopic (exact) mass is 301 g/mol. The third-order valence-corrected chi connectivity index (χ3v) is 4.05. The Morgan fingerprint density at radius 1 is 1.09 bits per heavy atom. The van der Waals surface area contributed by atoms with Crippen molar-refractivity contribution in [3.63, 3.8) is 0 Å². The molecule has 3 rings (SSSR count). The molecule has 0 saturated carbocycles. The molecule has 22 heavy (non-hydrogen) atoms. The van der Waals surface area contributed by atoms with E-state index in [-0.39, 0.29) is 11.9 Å². The number of halogens is 1. The van der Waals surface area contributed by atoms with Gasteiger partial charge in [-0.05, 0) is 23.3 Å². The molecular weight excluding hydrogens is 281 g/mol. The van der Waals surface area contributed by atoms with Gasteiger partial charge in [0, 0.05) is 19.6 Å². The molecule has 2 N–H and O–H groups in total. The summed E-state index contributed by atoms with van der Waals surface area (Å²) in [5.74, 6) is -0.251. The molecule has 0 aromatic heterocycles. The molecule has 0 unspecified atom stereocenters. The quantitative estimate of drug-likeness (QED) is 0.892. The summed E-state index contributed by atoms with van der Waals surface area (Å²) in [6.45, 7) is 1.37. The zero-order chi connectivity index (χ0) is 15.4. The standard InChI is InChI=1S/C18H20FNO2/c19-16-8-6-15(7-9-16)17(14-4-2-1-3-5-14)20-12-18(21)10-11-22-13-18/h1-9,17,20-21H,10-13H2/t17-,18+/m1/s1. The van der Waals surface area contributed by atoms with Crippen LogP contribution in [0.4, 0.5) is 4.39 Å². The summed E-state index contributed by atoms with van der Waals surface area (Å²) in [7, 11) is 0. The summed E-state index contributed by atoms with van der Waals surface area (Å²) in [5.41, 5.74) is 1.22. The Kier molecular flexibility index (Phi) is 4.52. The maximum Gasteiger partial charge on any atom is 0.123 e. The second-order valence-electron chi connectivity index (χ2n) is 5.80. The molecule has 1 fully saturated rings. The fraction of sp³-hybridized carbons (Fsp3) is 0.333. The van der Waals surface area contributed by atoms with Gasteiger partial charge in [-0.3, -0.25) is 0 Å². The van der Waals surface area contributed by atoms with Crippen molar-refractivity contribution >= 4 is 0 Å². The van der Waals surface area contributed by atoms with Crippen LogP contribution in [-0.4, -0.2) is 30.5 Å². The van der Waals surface area contributed by atoms with Gasteiger partial charge in [0.05, 0.1) is 12.6 Å². The van der Waals surface area contributed by atoms with E-state index in [1.54, 1.807) is 12.1 Å². The van der Waals surface area contributed by atoms with Crippen LogP contribution >= 0.6 is 0 Å². The van der Waals surface area contributed by atoms with E-state index >= 15 is 0 Å². The molecule has 0 aliphatic carbocycles. The zero-order valence-electron chi connectivity index (χ0n) is 12.3. The molecule has 0 bridgehead atoms. The Labute approximate surface area is 129 Å². The van der Waals surface area contributed by atoms with Crippen LogP contribution in [0, 0.1) is 5.82 Å². The van der Waals surface area contributed by atoms with Crippen LogP contribution in [0.2, 0.25) is 0 Å². The summed E-state index contributed by atoms with van der Waals surface area (Å²) < 4.78 is 18.4. The molecule has 1 heterocycles. The lowest BCUT2D eigenvalue weighted by molar-refractivity contribution is 0.0257. The smallest absolute Gasteiger partial charge is 0.123 e. The van der Waals surface area contributed by atoms with Crippen LogP contribution in [0.15, 0.2) is 54.6 Å². The van der Waals surface area contributed by atoms with Crippen molar-refractivity contribution in [3.05, 3.63) is 71.5 Å². The van der Waals surface area contributed by atoms with Gasteiger partial charge in [-0.15, -0.1) is 0 Å². The van der Waals surface area contributed by atoms with Crippen LogP contribution in [0.5, 0.6) is 0 Å². The van der Waals surface area contributed by atoms with E-state index < -0.39 is 5.60 Å². The Morgan fingerprint density at radius 3 is 2.41 bits per heavy atom. The summed E-state index contributed by atoms with van der Waals surface area (Å²) in [6, 6.07) is 16.3. The minimum atomic E-state index is -0.826. The lowest BCUT2D eigenvalue weighted by Gasteiger charge is -2.26. The van der Waals surface area contributed by atoms with Crippen molar-refractivity contribution in [3.8, 4) is 0 Å². The number of ether oxygens (including phenoxy) is 1. The van der Waals surface area contributed by atoms with Gasteiger partial charge in [0.1, 0.15) is 11.4 Å². The van der Waals surface area contributed by atoms with Crippen LogP contribution in [0.25, 0.3) is 0 Å². The van der Waals surface area contributed by atoms with Crippen LogP contribution < -0.4 is 5.32 Å². The lowest BCUT2D eigenvalue weighted by atomic mass is 9.96. The largest absolute Gasteiger partial charge is 0.386 e. The number of hydrogen-bond donors (Lipinski definition) is 2. The first-order valence-corrected chi connectivity index (χ1v) is 7.50. The van der Waals surface area contributed by atoms with Gasteiger partial charge in [-0.1, -0.05) is 42.5 Å². The second kappa shape index (κ2) is 6.57. The summed E-state index contributed by atoms with van der Waals surface area (Å²) >= 11 is 0. The van der Waals surface area contributed by atoms with Crippen molar-refractivity contribution < 1.29 is 14.2 Å². The van der Waals surface area contributed by atoms with Crippen LogP contribution in [0.3, 0.4) is 0 Å². The lowest BCUT2D eigenvalue weighted by Crippen LogP contribution is -2.42. The number of nitrogens with one attached hydrogen (secondary N) is 1. The molecule has 2 atom stereocenters. The van der Waals surface area contributed by atoms with Crippen molar-refractivity contribution in [2.75, 3.05) is 19.8 Å². The maximum atomic E-state index is 13.2. The highest BCUT2D eigenvalue weighted by atomic mass is 19.1. The van der Waals surface area contributed by atoms with Gasteiger partial charge in [0.15, 0.2) is 0 Å². The number of benzene rings is 2. The molecule has 0 amide bonds. The highest BCUT2D eigenvalue weighted by molar-refractivity contribution is 5.31. The van der Waals surface area contributed by atoms with E-state index in [1.807, 2.05) is 30.3 Å². The topological polar surface area (TPSA) is 41.5 Å². The average molecular weight is 301 g/mol. The molecular formula is C18H20FNO2. The fourth-order valence-corrected chi connectivity index (χ4v) is 2.76. The normalized spacial score (nSPS) is 22.6. The predicted octanol–water partition coefficient (Wildman–Crippen LogP) is 2.66. The number of rotatable bonds is 5. The summed E-state index contributed by atoms with van der Waals surface area (Å²) in [4.78, 5) is 0. The van der Waals surface area contributed by atoms with Gasteiger partial charge in [0.2, 0.25) is 0 Å². The molecule has 0 radical (unpaired) electrons. The molecule has 4 heteroatoms. The minimum absolute atomic E-state index is 0.0913. The van der Waals surface area contributed by atoms with Gasteiger partial charge >= 0.3 is 0 Å². The van der Waals surface area contributed by atoms with E-state index in [0.29, 0.717) is 26.2 Å². The van der Waals surface area contributed by atoms with Gasteiger partial charge < -0.3 is 15.2 Å². The molecule has 1 aliphatic rings. The van der Waals surface area contributed by atoms with Crippen LogP contribution in [-0.2, 0) is 4.74 Å². The maximum absolute atomic E-state index is 13.2. The Hall–Kier alpha value is -1.75. The first-order valence-electron chi connectivity index (χ1n) is 7.50. The zero-order valence-corrected chi connectivity index (χ0v) is 12.3. The molecule has 3 nitrogen and oxygen atoms in total. The highest BCUT2D eigenvalue weighted by Gasteiger charge is 2.32. The molecule has 0 spiro atoms. The average Bonchev–Trinajstić information content (AvgIpc) is 2.97. The van der Waals surface area contributed by atoms with E-state index in [4.69, 9.17) is 4.74 Å². The predicted molar refractivity (Wildman–Crippen MR) is 83.1 cm³/mol. The van der Waals surface area contributed by atoms with E-state index in [1.165, 1.54) is 12.1 Å². The van der Waals surface area contributed by atoms with Crippen LogP contribution in [0.1, 0.15) is 23.6 Å². The molecule has 1 aliphatic heterocycles. The van der Waals surface area contributed by atoms with Gasteiger partial charge in [-0.2, -0.15) is 0 Å². The molecule has 2 aromatic rings. The molecule has 1 saturated heterocycles. The molecule has 2 aromatic carbocycles. The SMILES string of the molecule is O[C@]1(CN[C@H](c2ccccc2)c2ccc(F)cc2)CCOC1. The Balaban J connectivity index is 1.81. The van der Waals surface area contributed by atoms with E-state index in [2.05, 4.69) is 5.32 Å². The third kappa shape index (κ3) is 3.53. The summed E-state index contributed by atoms with van der Waals surface area (Å²) in [6.07, 6.45) is 0.630. The second-order valence-corrected chi connectivity index (χ2v) is 5.80. The van der Waals surface area contributed by atoms with Crippen molar-refractivity contribution in [2.24, 2.45) is 0 Å². The summed E-state index contributed by atoms with van der Waals surface area (Å²) in [5, 5.41) is 13.8. The third-order valence-electron chi connectivity index (χ3n) is 4.05. The van der Waals surface area contributed by atoms with Gasteiger partial charge in [0.25, 0.3) is 0 Å². The highest BCUT2D eigenvalue weighted by Crippen LogP contribution is 2.24. The van der Waals surface area contributed by atoms with Crippen molar-refractivity contribution in [2.45, 2.75) is 18.1 Å². The fourth-order valence-electron chi connectivity index (χ4n) is 2.76. The first-order chi connectivity index (χ1) is 10.7. The molecule has 116 valence electrons. The Morgan fingerprint density at radius 2 is 1.77 bits per heavy atom. The van der Waals surface area contributed by atoms with Gasteiger partial charge in [-0.25, -0.2) is 4.39 Å².